The average molecular weight is 336 g/mol. The summed E-state index contributed by atoms with van der Waals surface area (Å²) < 4.78 is 0. The second-order valence-electron chi connectivity index (χ2n) is 6.70. The van der Waals surface area contributed by atoms with Crippen LogP contribution in [0.4, 0.5) is 11.4 Å². The smallest absolute Gasteiger partial charge is 0.229 e. The molecular formula is C21H24N2O2. The van der Waals surface area contributed by atoms with Crippen molar-refractivity contribution in [3.05, 3.63) is 59.2 Å². The molecule has 1 saturated heterocycles. The van der Waals surface area contributed by atoms with Crippen molar-refractivity contribution in [3.63, 3.8) is 0 Å². The summed E-state index contributed by atoms with van der Waals surface area (Å²) in [5.74, 6) is -0.390. The largest absolute Gasteiger partial charge is 0.326 e. The molecule has 130 valence electrons. The number of aryl methyl sites for hydroxylation is 3. The third kappa shape index (κ3) is 3.58. The van der Waals surface area contributed by atoms with Crippen molar-refractivity contribution in [2.45, 2.75) is 33.6 Å². The summed E-state index contributed by atoms with van der Waals surface area (Å²) in [6.07, 6.45) is 1.12. The molecule has 1 atom stereocenters. The van der Waals surface area contributed by atoms with Crippen LogP contribution in [0.2, 0.25) is 0 Å². The third-order valence-electron chi connectivity index (χ3n) is 4.75. The summed E-state index contributed by atoms with van der Waals surface area (Å²) >= 11 is 0. The van der Waals surface area contributed by atoms with Gasteiger partial charge >= 0.3 is 0 Å². The number of hydrogen-bond donors (Lipinski definition) is 1. The van der Waals surface area contributed by atoms with Crippen LogP contribution < -0.4 is 10.2 Å². The monoisotopic (exact) mass is 336 g/mol. The molecule has 0 radical (unpaired) electrons. The van der Waals surface area contributed by atoms with Gasteiger partial charge in [0, 0.05) is 24.3 Å². The first-order valence-corrected chi connectivity index (χ1v) is 8.76. The Hall–Kier alpha value is -2.62. The second kappa shape index (κ2) is 7.09. The summed E-state index contributed by atoms with van der Waals surface area (Å²) in [4.78, 5) is 26.9. The van der Waals surface area contributed by atoms with E-state index in [9.17, 15) is 9.59 Å². The van der Waals surface area contributed by atoms with E-state index in [0.29, 0.717) is 6.54 Å². The van der Waals surface area contributed by atoms with Crippen molar-refractivity contribution < 1.29 is 9.59 Å². The van der Waals surface area contributed by atoms with Crippen molar-refractivity contribution >= 4 is 23.2 Å². The molecule has 4 heteroatoms. The minimum atomic E-state index is -0.322. The fourth-order valence-corrected chi connectivity index (χ4v) is 3.46. The van der Waals surface area contributed by atoms with Crippen LogP contribution in [0.1, 0.15) is 30.0 Å². The fourth-order valence-electron chi connectivity index (χ4n) is 3.46. The molecule has 0 saturated carbocycles. The summed E-state index contributed by atoms with van der Waals surface area (Å²) in [5.41, 5.74) is 5.07. The summed E-state index contributed by atoms with van der Waals surface area (Å²) in [6, 6.07) is 13.8. The summed E-state index contributed by atoms with van der Waals surface area (Å²) in [7, 11) is 0. The summed E-state index contributed by atoms with van der Waals surface area (Å²) in [6.45, 7) is 6.53. The number of hydrogen-bond acceptors (Lipinski definition) is 2. The molecule has 1 N–H and O–H groups in total. The van der Waals surface area contributed by atoms with Crippen LogP contribution in [-0.4, -0.2) is 18.4 Å². The topological polar surface area (TPSA) is 49.4 Å². The number of carbonyl (C=O) groups excluding carboxylic acids is 2. The molecule has 2 amide bonds. The average Bonchev–Trinajstić information content (AvgIpc) is 2.96. The van der Waals surface area contributed by atoms with Crippen LogP contribution >= 0.6 is 0 Å². The van der Waals surface area contributed by atoms with Crippen LogP contribution in [0.5, 0.6) is 0 Å². The number of benzene rings is 2. The van der Waals surface area contributed by atoms with E-state index in [1.54, 1.807) is 4.90 Å². The van der Waals surface area contributed by atoms with Crippen molar-refractivity contribution in [1.29, 1.82) is 0 Å². The van der Waals surface area contributed by atoms with Gasteiger partial charge in [-0.05, 0) is 49.1 Å². The number of para-hydroxylation sites is 1. The molecule has 0 spiro atoms. The first-order chi connectivity index (χ1) is 12.0. The second-order valence-corrected chi connectivity index (χ2v) is 6.70. The SMILES string of the molecule is CCc1cccc(C)c1N1CC(C(=O)Nc2cccc(C)c2)CC1=O. The number of anilines is 2. The van der Waals surface area contributed by atoms with Gasteiger partial charge in [0.05, 0.1) is 5.92 Å². The Labute approximate surface area is 148 Å². The van der Waals surface area contributed by atoms with Crippen molar-refractivity contribution in [2.24, 2.45) is 5.92 Å². The fraction of sp³-hybridized carbons (Fsp3) is 0.333. The first kappa shape index (κ1) is 17.2. The molecule has 2 aromatic rings. The molecule has 4 nitrogen and oxygen atoms in total. The van der Waals surface area contributed by atoms with Crippen LogP contribution in [0, 0.1) is 19.8 Å². The highest BCUT2D eigenvalue weighted by atomic mass is 16.2. The normalized spacial score (nSPS) is 17.0. The first-order valence-electron chi connectivity index (χ1n) is 8.76. The zero-order chi connectivity index (χ0) is 18.0. The Morgan fingerprint density at radius 2 is 1.96 bits per heavy atom. The maximum Gasteiger partial charge on any atom is 0.229 e. The number of amides is 2. The molecule has 2 aromatic carbocycles. The molecule has 25 heavy (non-hydrogen) atoms. The van der Waals surface area contributed by atoms with E-state index in [-0.39, 0.29) is 24.2 Å². The van der Waals surface area contributed by atoms with E-state index >= 15 is 0 Å². The molecule has 0 aliphatic carbocycles. The lowest BCUT2D eigenvalue weighted by Gasteiger charge is -2.22. The molecule has 0 aromatic heterocycles. The minimum Gasteiger partial charge on any atom is -0.326 e. The van der Waals surface area contributed by atoms with Gasteiger partial charge in [-0.1, -0.05) is 37.3 Å². The highest BCUT2D eigenvalue weighted by molar-refractivity contribution is 6.04. The highest BCUT2D eigenvalue weighted by Gasteiger charge is 2.36. The van der Waals surface area contributed by atoms with Crippen LogP contribution in [0.3, 0.4) is 0 Å². The maximum atomic E-state index is 12.6. The molecule has 1 aliphatic heterocycles. The molecule has 1 aliphatic rings. The lowest BCUT2D eigenvalue weighted by atomic mass is 10.0. The summed E-state index contributed by atoms with van der Waals surface area (Å²) in [5, 5.41) is 2.94. The van der Waals surface area contributed by atoms with Crippen molar-refractivity contribution in [1.82, 2.24) is 0 Å². The van der Waals surface area contributed by atoms with Gasteiger partial charge in [0.1, 0.15) is 0 Å². The lowest BCUT2D eigenvalue weighted by molar-refractivity contribution is -0.122. The Kier molecular flexibility index (Phi) is 4.88. The molecule has 1 heterocycles. The molecule has 1 unspecified atom stereocenters. The van der Waals surface area contributed by atoms with E-state index in [1.165, 1.54) is 0 Å². The Morgan fingerprint density at radius 1 is 1.20 bits per heavy atom. The van der Waals surface area contributed by atoms with Crippen LogP contribution in [0.15, 0.2) is 42.5 Å². The zero-order valence-electron chi connectivity index (χ0n) is 15.0. The highest BCUT2D eigenvalue weighted by Crippen LogP contribution is 2.32. The van der Waals surface area contributed by atoms with Gasteiger partial charge in [0.15, 0.2) is 0 Å². The Balaban J connectivity index is 1.78. The minimum absolute atomic E-state index is 0.0217. The standard InChI is InChI=1S/C21H24N2O2/c1-4-16-9-6-8-15(3)20(16)23-13-17(12-19(23)24)21(25)22-18-10-5-7-14(2)11-18/h5-11,17H,4,12-13H2,1-3H3,(H,22,25). The van der Waals surface area contributed by atoms with Gasteiger partial charge < -0.3 is 10.2 Å². The predicted octanol–water partition coefficient (Wildman–Crippen LogP) is 3.86. The molecule has 3 rings (SSSR count). The van der Waals surface area contributed by atoms with Gasteiger partial charge in [0.2, 0.25) is 11.8 Å². The number of nitrogens with zero attached hydrogens (tertiary/aromatic N) is 1. The van der Waals surface area contributed by atoms with Gasteiger partial charge in [0.25, 0.3) is 0 Å². The Bertz CT molecular complexity index is 813. The van der Waals surface area contributed by atoms with Crippen LogP contribution in [-0.2, 0) is 16.0 Å². The van der Waals surface area contributed by atoms with E-state index in [4.69, 9.17) is 0 Å². The van der Waals surface area contributed by atoms with Gasteiger partial charge in [-0.25, -0.2) is 0 Å². The van der Waals surface area contributed by atoms with E-state index in [0.717, 1.165) is 34.5 Å². The number of nitrogens with one attached hydrogen (secondary N) is 1. The van der Waals surface area contributed by atoms with E-state index in [2.05, 4.69) is 18.3 Å². The molecule has 1 fully saturated rings. The molecular weight excluding hydrogens is 312 g/mol. The lowest BCUT2D eigenvalue weighted by Crippen LogP contribution is -2.29. The van der Waals surface area contributed by atoms with E-state index in [1.807, 2.05) is 50.2 Å². The predicted molar refractivity (Wildman–Crippen MR) is 101 cm³/mol. The van der Waals surface area contributed by atoms with Crippen molar-refractivity contribution in [2.75, 3.05) is 16.8 Å². The third-order valence-corrected chi connectivity index (χ3v) is 4.75. The quantitative estimate of drug-likeness (QED) is 0.922. The van der Waals surface area contributed by atoms with Crippen molar-refractivity contribution in [3.8, 4) is 0 Å². The number of rotatable bonds is 4. The maximum absolute atomic E-state index is 12.6. The van der Waals surface area contributed by atoms with Gasteiger partial charge in [-0.15, -0.1) is 0 Å². The Morgan fingerprint density at radius 3 is 2.68 bits per heavy atom. The van der Waals surface area contributed by atoms with Gasteiger partial charge in [-0.2, -0.15) is 0 Å². The van der Waals surface area contributed by atoms with Crippen LogP contribution in [0.25, 0.3) is 0 Å². The zero-order valence-corrected chi connectivity index (χ0v) is 15.0. The molecule has 0 bridgehead atoms. The number of carbonyl (C=O) groups is 2. The van der Waals surface area contributed by atoms with E-state index < -0.39 is 0 Å². The van der Waals surface area contributed by atoms with Gasteiger partial charge in [-0.3, -0.25) is 9.59 Å².